The van der Waals surface area contributed by atoms with Crippen LogP contribution < -0.4 is 16.2 Å². The Balaban J connectivity index is 1.95. The third-order valence-corrected chi connectivity index (χ3v) is 4.92. The molecule has 0 aromatic heterocycles. The molecule has 7 heteroatoms. The second-order valence-corrected chi connectivity index (χ2v) is 7.11. The minimum Gasteiger partial charge on any atom is -0.394 e. The van der Waals surface area contributed by atoms with E-state index in [4.69, 9.17) is 10.8 Å². The molecule has 7 nitrogen and oxygen atoms in total. The predicted octanol–water partition coefficient (Wildman–Crippen LogP) is 0.536. The van der Waals surface area contributed by atoms with Crippen molar-refractivity contribution in [2.45, 2.75) is 56.8 Å². The fraction of sp³-hybridized carbons (Fsp3) is 0.632. The van der Waals surface area contributed by atoms with Gasteiger partial charge in [-0.3, -0.25) is 15.2 Å². The molecule has 0 spiro atoms. The van der Waals surface area contributed by atoms with Crippen LogP contribution in [0, 0.1) is 5.92 Å². The summed E-state index contributed by atoms with van der Waals surface area (Å²) in [5.41, 5.74) is 9.32. The van der Waals surface area contributed by atoms with E-state index in [-0.39, 0.29) is 6.54 Å². The number of nitrogens with two attached hydrogens (primary N) is 1. The molecular weight excluding hydrogens is 334 g/mol. The average molecular weight is 365 g/mol. The lowest BCUT2D eigenvalue weighted by molar-refractivity contribution is -0.130. The first-order valence-corrected chi connectivity index (χ1v) is 9.37. The van der Waals surface area contributed by atoms with Crippen LogP contribution in [-0.2, 0) is 4.79 Å². The maximum atomic E-state index is 12.5. The van der Waals surface area contributed by atoms with E-state index in [0.29, 0.717) is 18.0 Å². The van der Waals surface area contributed by atoms with Crippen LogP contribution in [0.15, 0.2) is 30.3 Å². The summed E-state index contributed by atoms with van der Waals surface area (Å²) in [5, 5.41) is 30.6. The number of nitrogens with zero attached hydrogens (tertiary/aromatic N) is 1. The van der Waals surface area contributed by atoms with Gasteiger partial charge in [-0.1, -0.05) is 50.3 Å². The van der Waals surface area contributed by atoms with Gasteiger partial charge in [0.1, 0.15) is 6.10 Å². The van der Waals surface area contributed by atoms with E-state index in [1.165, 1.54) is 24.3 Å². The van der Waals surface area contributed by atoms with Crippen LogP contribution in [0.1, 0.15) is 38.5 Å². The van der Waals surface area contributed by atoms with E-state index in [0.717, 1.165) is 12.8 Å². The lowest BCUT2D eigenvalue weighted by Gasteiger charge is -2.30. The summed E-state index contributed by atoms with van der Waals surface area (Å²) in [5.74, 6) is -0.148. The Bertz CT molecular complexity index is 537. The Hall–Kier alpha value is -1.67. The fourth-order valence-corrected chi connectivity index (χ4v) is 3.42. The molecule has 0 saturated heterocycles. The lowest BCUT2D eigenvalue weighted by Crippen LogP contribution is -2.54. The summed E-state index contributed by atoms with van der Waals surface area (Å²) in [6.45, 7) is -0.431. The van der Waals surface area contributed by atoms with Crippen molar-refractivity contribution in [3.63, 3.8) is 0 Å². The van der Waals surface area contributed by atoms with Gasteiger partial charge in [0.15, 0.2) is 0 Å². The highest BCUT2D eigenvalue weighted by molar-refractivity contribution is 5.82. The van der Waals surface area contributed by atoms with Gasteiger partial charge in [-0.15, -0.1) is 0 Å². The maximum absolute atomic E-state index is 12.5. The van der Waals surface area contributed by atoms with Crippen molar-refractivity contribution in [2.24, 2.45) is 11.7 Å². The summed E-state index contributed by atoms with van der Waals surface area (Å²) in [6.07, 6.45) is 4.08. The Morgan fingerprint density at radius 3 is 2.46 bits per heavy atom. The zero-order valence-corrected chi connectivity index (χ0v) is 15.1. The number of aliphatic hydroxyl groups excluding tert-OH is 3. The lowest BCUT2D eigenvalue weighted by atomic mass is 9.84. The zero-order chi connectivity index (χ0) is 18.9. The highest BCUT2D eigenvalue weighted by atomic mass is 16.3. The topological polar surface area (TPSA) is 119 Å². The number of hydrogen-bond donors (Lipinski definition) is 5. The van der Waals surface area contributed by atoms with Crippen molar-refractivity contribution < 1.29 is 20.1 Å². The van der Waals surface area contributed by atoms with Crippen LogP contribution in [0.2, 0.25) is 0 Å². The molecule has 1 aliphatic carbocycles. The summed E-state index contributed by atoms with van der Waals surface area (Å²) in [4.78, 5) is 12.5. The molecular formula is C19H31N3O4. The van der Waals surface area contributed by atoms with E-state index in [1.54, 1.807) is 24.3 Å². The Morgan fingerprint density at radius 1 is 1.19 bits per heavy atom. The maximum Gasteiger partial charge on any atom is 0.268 e. The van der Waals surface area contributed by atoms with E-state index >= 15 is 0 Å². The van der Waals surface area contributed by atoms with Gasteiger partial charge >= 0.3 is 0 Å². The molecule has 0 radical (unpaired) electrons. The van der Waals surface area contributed by atoms with E-state index in [2.05, 4.69) is 5.43 Å². The van der Waals surface area contributed by atoms with Crippen molar-refractivity contribution >= 4 is 11.6 Å². The fourth-order valence-electron chi connectivity index (χ4n) is 3.42. The van der Waals surface area contributed by atoms with Gasteiger partial charge in [0.2, 0.25) is 0 Å². The van der Waals surface area contributed by atoms with Crippen molar-refractivity contribution in [1.82, 2.24) is 5.43 Å². The highest BCUT2D eigenvalue weighted by Gasteiger charge is 2.28. The Labute approximate surface area is 154 Å². The zero-order valence-electron chi connectivity index (χ0n) is 15.1. The number of carbonyl (C=O) groups is 1. The standard InChI is InChI=1S/C19H31N3O4/c20-17(11-14-7-3-1-4-8-14)18(25)19(26)21-22(12-16(24)13-23)15-9-5-2-6-10-15/h2,5-6,9-10,14,16-18,23-25H,1,3-4,7-8,11-13,20H2,(H,21,26)/t16-,17-,18?/m1/s1. The van der Waals surface area contributed by atoms with Gasteiger partial charge in [0.25, 0.3) is 5.91 Å². The van der Waals surface area contributed by atoms with E-state index in [1.807, 2.05) is 6.07 Å². The second kappa shape index (κ2) is 10.5. The molecule has 1 saturated carbocycles. The van der Waals surface area contributed by atoms with Gasteiger partial charge in [-0.2, -0.15) is 0 Å². The molecule has 146 valence electrons. The monoisotopic (exact) mass is 365 g/mol. The average Bonchev–Trinajstić information content (AvgIpc) is 2.68. The van der Waals surface area contributed by atoms with Gasteiger partial charge in [-0.25, -0.2) is 0 Å². The Morgan fingerprint density at radius 2 is 1.85 bits per heavy atom. The summed E-state index contributed by atoms with van der Waals surface area (Å²) in [6, 6.07) is 8.33. The van der Waals surface area contributed by atoms with Crippen LogP contribution in [0.25, 0.3) is 0 Å². The molecule has 1 fully saturated rings. The molecule has 1 amide bonds. The van der Waals surface area contributed by atoms with Crippen molar-refractivity contribution in [3.8, 4) is 0 Å². The number of nitrogens with one attached hydrogen (secondary N) is 1. The van der Waals surface area contributed by atoms with Gasteiger partial charge in [0.05, 0.1) is 24.9 Å². The number of anilines is 1. The number of hydrazine groups is 1. The first-order chi connectivity index (χ1) is 12.5. The van der Waals surface area contributed by atoms with E-state index < -0.39 is 30.8 Å². The van der Waals surface area contributed by atoms with Crippen LogP contribution in [-0.4, -0.2) is 52.6 Å². The number of carbonyl (C=O) groups excluding carboxylic acids is 1. The Kier molecular flexibility index (Phi) is 8.31. The minimum atomic E-state index is -1.32. The third kappa shape index (κ3) is 6.25. The first-order valence-electron chi connectivity index (χ1n) is 9.37. The molecule has 0 heterocycles. The van der Waals surface area contributed by atoms with Crippen LogP contribution in [0.5, 0.6) is 0 Å². The number of hydrogen-bond acceptors (Lipinski definition) is 6. The number of aliphatic hydroxyl groups is 3. The third-order valence-electron chi connectivity index (χ3n) is 4.92. The van der Waals surface area contributed by atoms with Crippen molar-refractivity contribution in [2.75, 3.05) is 18.2 Å². The second-order valence-electron chi connectivity index (χ2n) is 7.11. The van der Waals surface area contributed by atoms with Crippen LogP contribution >= 0.6 is 0 Å². The van der Waals surface area contributed by atoms with Crippen LogP contribution in [0.4, 0.5) is 5.69 Å². The van der Waals surface area contributed by atoms with E-state index in [9.17, 15) is 15.0 Å². The molecule has 0 aliphatic heterocycles. The molecule has 2 rings (SSSR count). The molecule has 1 unspecified atom stereocenters. The summed E-state index contributed by atoms with van der Waals surface area (Å²) >= 11 is 0. The van der Waals surface area contributed by atoms with Crippen molar-refractivity contribution in [3.05, 3.63) is 30.3 Å². The number of benzene rings is 1. The quantitative estimate of drug-likeness (QED) is 0.408. The molecule has 0 bridgehead atoms. The first kappa shape index (κ1) is 20.6. The molecule has 3 atom stereocenters. The van der Waals surface area contributed by atoms with Crippen molar-refractivity contribution in [1.29, 1.82) is 0 Å². The smallest absolute Gasteiger partial charge is 0.268 e. The number of para-hydroxylation sites is 1. The largest absolute Gasteiger partial charge is 0.394 e. The summed E-state index contributed by atoms with van der Waals surface area (Å²) in [7, 11) is 0. The summed E-state index contributed by atoms with van der Waals surface area (Å²) < 4.78 is 0. The molecule has 1 aliphatic rings. The minimum absolute atomic E-state index is 0.00314. The van der Waals surface area contributed by atoms with Gasteiger partial charge < -0.3 is 21.1 Å². The SMILES string of the molecule is N[C@H](CC1CCCCC1)C(O)C(=O)NN(C[C@@H](O)CO)c1ccccc1. The number of rotatable bonds is 9. The van der Waals surface area contributed by atoms with Gasteiger partial charge in [0, 0.05) is 6.04 Å². The van der Waals surface area contributed by atoms with Gasteiger partial charge in [-0.05, 0) is 24.5 Å². The molecule has 6 N–H and O–H groups in total. The normalized spacial score (nSPS) is 18.8. The highest BCUT2D eigenvalue weighted by Crippen LogP contribution is 2.27. The molecule has 1 aromatic carbocycles. The van der Waals surface area contributed by atoms with Crippen LogP contribution in [0.3, 0.4) is 0 Å². The number of amides is 1. The molecule has 26 heavy (non-hydrogen) atoms. The molecule has 1 aromatic rings. The predicted molar refractivity (Wildman–Crippen MR) is 100 cm³/mol.